The quantitative estimate of drug-likeness (QED) is 0.527. The number of esters is 1. The molecule has 1 fully saturated rings. The zero-order valence-corrected chi connectivity index (χ0v) is 18.0. The molecule has 0 atom stereocenters. The lowest BCUT2D eigenvalue weighted by Crippen LogP contribution is -2.36. The van der Waals surface area contributed by atoms with Gasteiger partial charge in [0.1, 0.15) is 15.8 Å². The van der Waals surface area contributed by atoms with Crippen LogP contribution in [0, 0.1) is 5.92 Å². The summed E-state index contributed by atoms with van der Waals surface area (Å²) >= 11 is 6.65. The largest absolute Gasteiger partial charge is 0.497 e. The van der Waals surface area contributed by atoms with Gasteiger partial charge in [-0.1, -0.05) is 30.9 Å². The van der Waals surface area contributed by atoms with E-state index in [0.717, 1.165) is 31.8 Å². The summed E-state index contributed by atoms with van der Waals surface area (Å²) in [6.07, 6.45) is 2.22. The molecule has 1 amide bonds. The third-order valence-electron chi connectivity index (χ3n) is 4.40. The van der Waals surface area contributed by atoms with E-state index in [1.54, 1.807) is 18.2 Å². The Labute approximate surface area is 175 Å². The molecule has 0 bridgehead atoms. The Bertz CT molecular complexity index is 706. The second kappa shape index (κ2) is 11.1. The van der Waals surface area contributed by atoms with Crippen molar-refractivity contribution in [3.05, 3.63) is 18.2 Å². The van der Waals surface area contributed by atoms with Crippen LogP contribution in [0.2, 0.25) is 0 Å². The van der Waals surface area contributed by atoms with Gasteiger partial charge in [0.2, 0.25) is 0 Å². The highest BCUT2D eigenvalue weighted by Crippen LogP contribution is 2.28. The van der Waals surface area contributed by atoms with Crippen LogP contribution in [0.4, 0.5) is 5.69 Å². The number of rotatable bonds is 7. The number of thioether (sulfide) groups is 1. The zero-order valence-electron chi connectivity index (χ0n) is 16.4. The average molecular weight is 427 g/mol. The van der Waals surface area contributed by atoms with Crippen molar-refractivity contribution < 1.29 is 23.8 Å². The van der Waals surface area contributed by atoms with Crippen molar-refractivity contribution in [2.75, 3.05) is 45.0 Å². The summed E-state index contributed by atoms with van der Waals surface area (Å²) in [5, 5.41) is 2.65. The highest BCUT2D eigenvalue weighted by Gasteiger charge is 2.19. The van der Waals surface area contributed by atoms with Crippen LogP contribution in [0.3, 0.4) is 0 Å². The topological polar surface area (TPSA) is 77.1 Å². The van der Waals surface area contributed by atoms with Gasteiger partial charge >= 0.3 is 5.97 Å². The maximum atomic E-state index is 12.1. The molecule has 0 spiro atoms. The normalized spacial score (nSPS) is 14.3. The van der Waals surface area contributed by atoms with Crippen LogP contribution >= 0.6 is 24.0 Å². The molecule has 1 aliphatic heterocycles. The van der Waals surface area contributed by atoms with E-state index < -0.39 is 11.9 Å². The van der Waals surface area contributed by atoms with Gasteiger partial charge in [0.25, 0.3) is 5.91 Å². The van der Waals surface area contributed by atoms with Gasteiger partial charge in [-0.2, -0.15) is 0 Å². The van der Waals surface area contributed by atoms with Crippen LogP contribution in [0.25, 0.3) is 0 Å². The Kier molecular flexibility index (Phi) is 8.85. The first-order chi connectivity index (χ1) is 13.4. The SMILES string of the molecule is COc1ccc(OC)c(NC(=O)COC(=O)CSC(=S)N2CCC(C)CC2)c1. The van der Waals surface area contributed by atoms with E-state index in [0.29, 0.717) is 21.5 Å². The molecule has 1 aromatic carbocycles. The number of amides is 1. The fraction of sp³-hybridized carbons (Fsp3) is 0.526. The van der Waals surface area contributed by atoms with E-state index in [1.165, 1.54) is 26.0 Å². The Morgan fingerprint density at radius 3 is 2.61 bits per heavy atom. The van der Waals surface area contributed by atoms with E-state index >= 15 is 0 Å². The predicted molar refractivity (Wildman–Crippen MR) is 114 cm³/mol. The molecule has 0 saturated carbocycles. The van der Waals surface area contributed by atoms with Crippen molar-refractivity contribution in [3.8, 4) is 11.5 Å². The minimum atomic E-state index is -0.481. The number of carbonyl (C=O) groups is 2. The lowest BCUT2D eigenvalue weighted by Gasteiger charge is -2.31. The van der Waals surface area contributed by atoms with Gasteiger partial charge < -0.3 is 24.4 Å². The van der Waals surface area contributed by atoms with Gasteiger partial charge in [0, 0.05) is 19.2 Å². The zero-order chi connectivity index (χ0) is 20.5. The number of thiocarbonyl (C=S) groups is 1. The van der Waals surface area contributed by atoms with Crippen molar-refractivity contribution in [1.29, 1.82) is 0 Å². The number of nitrogens with zero attached hydrogens (tertiary/aromatic N) is 1. The molecule has 1 N–H and O–H groups in total. The van der Waals surface area contributed by atoms with Crippen molar-refractivity contribution in [2.45, 2.75) is 19.8 Å². The highest BCUT2D eigenvalue weighted by atomic mass is 32.2. The van der Waals surface area contributed by atoms with Crippen molar-refractivity contribution >= 4 is 45.9 Å². The summed E-state index contributed by atoms with van der Waals surface area (Å²) in [7, 11) is 3.03. The number of hydrogen-bond acceptors (Lipinski definition) is 7. The number of anilines is 1. The summed E-state index contributed by atoms with van der Waals surface area (Å²) in [6, 6.07) is 5.03. The van der Waals surface area contributed by atoms with Gasteiger partial charge in [-0.3, -0.25) is 9.59 Å². The standard InChI is InChI=1S/C19H26N2O5S2/c1-13-6-8-21(9-7-13)19(27)28-12-18(23)26-11-17(22)20-15-10-14(24-2)4-5-16(15)25-3/h4-5,10,13H,6-9,11-12H2,1-3H3,(H,20,22). The smallest absolute Gasteiger partial charge is 0.316 e. The molecular weight excluding hydrogens is 400 g/mol. The maximum absolute atomic E-state index is 12.1. The fourth-order valence-corrected chi connectivity index (χ4v) is 3.74. The van der Waals surface area contributed by atoms with Gasteiger partial charge in [0.15, 0.2) is 6.61 Å². The summed E-state index contributed by atoms with van der Waals surface area (Å²) in [4.78, 5) is 26.1. The minimum absolute atomic E-state index is 0.0840. The molecule has 0 aliphatic carbocycles. The van der Waals surface area contributed by atoms with Gasteiger partial charge in [-0.25, -0.2) is 0 Å². The van der Waals surface area contributed by atoms with E-state index in [2.05, 4.69) is 17.1 Å². The molecule has 2 rings (SSSR count). The summed E-state index contributed by atoms with van der Waals surface area (Å²) in [5.41, 5.74) is 0.442. The maximum Gasteiger partial charge on any atom is 0.316 e. The first-order valence-electron chi connectivity index (χ1n) is 9.02. The first-order valence-corrected chi connectivity index (χ1v) is 10.4. The summed E-state index contributed by atoms with van der Waals surface area (Å²) < 4.78 is 16.1. The Hall–Kier alpha value is -2.00. The number of hydrogen-bond donors (Lipinski definition) is 1. The van der Waals surface area contributed by atoms with Crippen LogP contribution in [0.5, 0.6) is 11.5 Å². The van der Waals surface area contributed by atoms with Crippen molar-refractivity contribution in [1.82, 2.24) is 4.90 Å². The monoisotopic (exact) mass is 426 g/mol. The number of methoxy groups -OCH3 is 2. The molecule has 1 aromatic rings. The lowest BCUT2D eigenvalue weighted by atomic mass is 10.00. The third-order valence-corrected chi connectivity index (χ3v) is 5.90. The second-order valence-electron chi connectivity index (χ2n) is 6.50. The molecular formula is C19H26N2O5S2. The summed E-state index contributed by atoms with van der Waals surface area (Å²) in [5.74, 6) is 0.918. The molecule has 0 unspecified atom stereocenters. The number of nitrogens with one attached hydrogen (secondary N) is 1. The number of ether oxygens (including phenoxy) is 3. The molecule has 1 heterocycles. The Morgan fingerprint density at radius 1 is 1.25 bits per heavy atom. The molecule has 9 heteroatoms. The Morgan fingerprint density at radius 2 is 1.96 bits per heavy atom. The molecule has 0 aromatic heterocycles. The summed E-state index contributed by atoms with van der Waals surface area (Å²) in [6.45, 7) is 3.70. The van der Waals surface area contributed by atoms with Gasteiger partial charge in [0.05, 0.1) is 25.7 Å². The second-order valence-corrected chi connectivity index (χ2v) is 8.11. The fourth-order valence-electron chi connectivity index (χ4n) is 2.69. The first kappa shape index (κ1) is 22.3. The van der Waals surface area contributed by atoms with Crippen LogP contribution < -0.4 is 14.8 Å². The van der Waals surface area contributed by atoms with Crippen LogP contribution in [-0.2, 0) is 14.3 Å². The molecule has 0 radical (unpaired) electrons. The van der Waals surface area contributed by atoms with E-state index in [9.17, 15) is 9.59 Å². The number of piperidine rings is 1. The van der Waals surface area contributed by atoms with E-state index in [4.69, 9.17) is 26.4 Å². The molecule has 7 nitrogen and oxygen atoms in total. The Balaban J connectivity index is 1.73. The van der Waals surface area contributed by atoms with Crippen LogP contribution in [-0.4, -0.2) is 60.8 Å². The van der Waals surface area contributed by atoms with Crippen LogP contribution in [0.15, 0.2) is 18.2 Å². The van der Waals surface area contributed by atoms with Crippen LogP contribution in [0.1, 0.15) is 19.8 Å². The van der Waals surface area contributed by atoms with Crippen molar-refractivity contribution in [2.24, 2.45) is 5.92 Å². The minimum Gasteiger partial charge on any atom is -0.497 e. The van der Waals surface area contributed by atoms with Crippen molar-refractivity contribution in [3.63, 3.8) is 0 Å². The highest BCUT2D eigenvalue weighted by molar-refractivity contribution is 8.23. The van der Waals surface area contributed by atoms with E-state index in [1.807, 2.05) is 0 Å². The molecule has 1 aliphatic rings. The number of likely N-dealkylation sites (tertiary alicyclic amines) is 1. The van der Waals surface area contributed by atoms with Gasteiger partial charge in [-0.15, -0.1) is 0 Å². The number of carbonyl (C=O) groups excluding carboxylic acids is 2. The molecule has 1 saturated heterocycles. The third kappa shape index (κ3) is 6.87. The molecule has 28 heavy (non-hydrogen) atoms. The van der Waals surface area contributed by atoms with E-state index in [-0.39, 0.29) is 12.4 Å². The lowest BCUT2D eigenvalue weighted by molar-refractivity contribution is -0.144. The van der Waals surface area contributed by atoms with Gasteiger partial charge in [-0.05, 0) is 30.9 Å². The molecule has 154 valence electrons. The number of benzene rings is 1. The predicted octanol–water partition coefficient (Wildman–Crippen LogP) is 2.94. The average Bonchev–Trinajstić information content (AvgIpc) is 2.70.